The Kier molecular flexibility index (Phi) is 6.06. The quantitative estimate of drug-likeness (QED) is 0.196. The number of hydrogen-bond acceptors (Lipinski definition) is 4. The van der Waals surface area contributed by atoms with Gasteiger partial charge >= 0.3 is 0 Å². The van der Waals surface area contributed by atoms with E-state index in [1.54, 1.807) is 0 Å². The smallest absolute Gasteiger partial charge is 0.100 e. The zero-order valence-corrected chi connectivity index (χ0v) is 21.2. The van der Waals surface area contributed by atoms with Gasteiger partial charge in [-0.3, -0.25) is 14.5 Å². The first-order valence-corrected chi connectivity index (χ1v) is 12.1. The molecule has 0 fully saturated rings. The minimum atomic E-state index is 0.362. The largest absolute Gasteiger partial charge is 0.299 e. The molecule has 0 saturated carbocycles. The number of para-hydroxylation sites is 1. The topological polar surface area (TPSA) is 56.5 Å². The van der Waals surface area contributed by atoms with Gasteiger partial charge < -0.3 is 0 Å². The van der Waals surface area contributed by atoms with E-state index in [1.165, 1.54) is 0 Å². The summed E-state index contributed by atoms with van der Waals surface area (Å²) in [5.41, 5.74) is 9.88. The lowest BCUT2D eigenvalue weighted by atomic mass is 10.0. The highest BCUT2D eigenvalue weighted by Gasteiger charge is 2.14. The summed E-state index contributed by atoms with van der Waals surface area (Å²) in [5, 5.41) is 2.19. The van der Waals surface area contributed by atoms with Crippen LogP contribution in [0, 0.1) is 13.8 Å². The second kappa shape index (κ2) is 9.34. The third-order valence-electron chi connectivity index (χ3n) is 6.33. The van der Waals surface area contributed by atoms with Crippen LogP contribution in [0.1, 0.15) is 36.8 Å². The van der Waals surface area contributed by atoms with Crippen molar-refractivity contribution in [1.82, 2.24) is 24.5 Å². The summed E-state index contributed by atoms with van der Waals surface area (Å²) in [6.45, 7) is 14.4. The van der Waals surface area contributed by atoms with Crippen molar-refractivity contribution in [3.8, 4) is 16.9 Å². The third-order valence-corrected chi connectivity index (χ3v) is 6.33. The Balaban J connectivity index is 0.00000130. The van der Waals surface area contributed by atoms with Crippen molar-refractivity contribution < 1.29 is 0 Å². The van der Waals surface area contributed by atoms with Gasteiger partial charge in [0.1, 0.15) is 6.33 Å². The molecule has 178 valence electrons. The van der Waals surface area contributed by atoms with Crippen LogP contribution >= 0.6 is 0 Å². The van der Waals surface area contributed by atoms with E-state index in [0.29, 0.717) is 5.92 Å². The number of aryl methyl sites for hydroxylation is 2. The lowest BCUT2D eigenvalue weighted by Crippen LogP contribution is -1.96. The fourth-order valence-electron chi connectivity index (χ4n) is 4.66. The highest BCUT2D eigenvalue weighted by atomic mass is 15.1. The molecule has 0 aliphatic carbocycles. The van der Waals surface area contributed by atoms with Gasteiger partial charge in [0.15, 0.2) is 0 Å². The lowest BCUT2D eigenvalue weighted by Gasteiger charge is -2.10. The average molecular weight is 472 g/mol. The number of rotatable bonds is 3. The predicted molar refractivity (Wildman–Crippen MR) is 150 cm³/mol. The molecule has 5 heteroatoms. The van der Waals surface area contributed by atoms with Crippen LogP contribution in [0.4, 0.5) is 0 Å². The van der Waals surface area contributed by atoms with E-state index in [0.717, 1.165) is 66.9 Å². The minimum Gasteiger partial charge on any atom is -0.299 e. The third kappa shape index (κ3) is 4.03. The number of nitrogens with zero attached hydrogens (tertiary/aromatic N) is 5. The van der Waals surface area contributed by atoms with Crippen LogP contribution in [0.25, 0.3) is 49.8 Å². The van der Waals surface area contributed by atoms with Crippen molar-refractivity contribution in [3.05, 3.63) is 103 Å². The Bertz CT molecular complexity index is 1710. The van der Waals surface area contributed by atoms with E-state index in [2.05, 4.69) is 103 Å². The highest BCUT2D eigenvalue weighted by Crippen LogP contribution is 2.31. The molecule has 0 bridgehead atoms. The maximum absolute atomic E-state index is 5.11. The van der Waals surface area contributed by atoms with Crippen molar-refractivity contribution in [2.45, 2.75) is 33.6 Å². The normalized spacial score (nSPS) is 11.2. The van der Waals surface area contributed by atoms with Gasteiger partial charge in [-0.1, -0.05) is 50.2 Å². The van der Waals surface area contributed by atoms with E-state index in [1.807, 2.05) is 20.2 Å². The van der Waals surface area contributed by atoms with Gasteiger partial charge in [0.2, 0.25) is 0 Å². The van der Waals surface area contributed by atoms with Crippen LogP contribution in [0.5, 0.6) is 0 Å². The summed E-state index contributed by atoms with van der Waals surface area (Å²) in [6.07, 6.45) is 1.88. The van der Waals surface area contributed by atoms with Crippen molar-refractivity contribution in [2.24, 2.45) is 0 Å². The second-order valence-electron chi connectivity index (χ2n) is 9.19. The van der Waals surface area contributed by atoms with Crippen molar-refractivity contribution in [1.29, 1.82) is 0 Å². The van der Waals surface area contributed by atoms with Crippen LogP contribution in [0.15, 0.2) is 86.2 Å². The summed E-state index contributed by atoms with van der Waals surface area (Å²) < 4.78 is 2.12. The Morgan fingerprint density at radius 2 is 1.36 bits per heavy atom. The molecule has 0 N–H and O–H groups in total. The van der Waals surface area contributed by atoms with Crippen LogP contribution in [-0.2, 0) is 0 Å². The molecule has 6 rings (SSSR count). The zero-order chi connectivity index (χ0) is 25.4. The van der Waals surface area contributed by atoms with E-state index in [4.69, 9.17) is 15.0 Å². The lowest BCUT2D eigenvalue weighted by molar-refractivity contribution is 0.830. The molecule has 0 amide bonds. The second-order valence-corrected chi connectivity index (χ2v) is 9.19. The minimum absolute atomic E-state index is 0.362. The summed E-state index contributed by atoms with van der Waals surface area (Å²) in [5.74, 6) is 0.362. The van der Waals surface area contributed by atoms with Crippen molar-refractivity contribution in [2.75, 3.05) is 0 Å². The van der Waals surface area contributed by atoms with E-state index >= 15 is 0 Å². The standard InChI is InChI=1S/C29H25N5.C2H4/c1-17(2)24-12-10-20-8-9-21-11-13-25(33-28(21)27(20)32-24)23-6-5-7-26-29(23)30-16-34(26)22-14-18(3)31-19(4)15-22;1-2/h5-17H,1-4H3;1-2H2. The molecule has 0 radical (unpaired) electrons. The van der Waals surface area contributed by atoms with E-state index in [-0.39, 0.29) is 0 Å². The molecular formula is C31H29N5. The molecule has 0 atom stereocenters. The molecule has 0 saturated heterocycles. The molecule has 0 spiro atoms. The van der Waals surface area contributed by atoms with Gasteiger partial charge in [0, 0.05) is 33.4 Å². The Morgan fingerprint density at radius 1 is 0.722 bits per heavy atom. The molecule has 2 aromatic carbocycles. The number of fused-ring (bicyclic) bond motifs is 4. The monoisotopic (exact) mass is 471 g/mol. The molecular weight excluding hydrogens is 442 g/mol. The summed E-state index contributed by atoms with van der Waals surface area (Å²) >= 11 is 0. The molecule has 6 aromatic rings. The van der Waals surface area contributed by atoms with Gasteiger partial charge in [0.05, 0.1) is 33.4 Å². The molecule has 4 aromatic heterocycles. The van der Waals surface area contributed by atoms with Crippen molar-refractivity contribution in [3.63, 3.8) is 0 Å². The molecule has 5 nitrogen and oxygen atoms in total. The summed E-state index contributed by atoms with van der Waals surface area (Å²) in [6, 6.07) is 23.1. The number of hydrogen-bond donors (Lipinski definition) is 0. The maximum atomic E-state index is 5.11. The van der Waals surface area contributed by atoms with Gasteiger partial charge in [0.25, 0.3) is 0 Å². The predicted octanol–water partition coefficient (Wildman–Crippen LogP) is 7.73. The number of benzene rings is 2. The van der Waals surface area contributed by atoms with E-state index < -0.39 is 0 Å². The molecule has 4 heterocycles. The fourth-order valence-corrected chi connectivity index (χ4v) is 4.66. The van der Waals surface area contributed by atoms with Crippen LogP contribution in [0.2, 0.25) is 0 Å². The average Bonchev–Trinajstić information content (AvgIpc) is 3.33. The molecule has 0 aliphatic rings. The first-order valence-electron chi connectivity index (χ1n) is 12.1. The van der Waals surface area contributed by atoms with Gasteiger partial charge in [-0.05, 0) is 50.1 Å². The SMILES string of the molecule is C=C.Cc1cc(-n2cnc3c(-c4ccc5ccc6ccc(C(C)C)nc6c5n4)cccc32)cc(C)n1. The zero-order valence-electron chi connectivity index (χ0n) is 21.2. The van der Waals surface area contributed by atoms with Crippen molar-refractivity contribution >= 4 is 32.8 Å². The van der Waals surface area contributed by atoms with Gasteiger partial charge in [-0.25, -0.2) is 9.97 Å². The van der Waals surface area contributed by atoms with Gasteiger partial charge in [-0.15, -0.1) is 13.2 Å². The van der Waals surface area contributed by atoms with Crippen LogP contribution < -0.4 is 0 Å². The Hall–Kier alpha value is -4.38. The number of aromatic nitrogens is 5. The molecule has 0 unspecified atom stereocenters. The van der Waals surface area contributed by atoms with Gasteiger partial charge in [-0.2, -0.15) is 0 Å². The summed E-state index contributed by atoms with van der Waals surface area (Å²) in [7, 11) is 0. The first-order chi connectivity index (χ1) is 17.5. The van der Waals surface area contributed by atoms with E-state index in [9.17, 15) is 0 Å². The Labute approximate surface area is 211 Å². The number of imidazole rings is 1. The summed E-state index contributed by atoms with van der Waals surface area (Å²) in [4.78, 5) is 19.4. The molecule has 0 aliphatic heterocycles. The number of pyridine rings is 3. The Morgan fingerprint density at radius 3 is 2.06 bits per heavy atom. The first kappa shape index (κ1) is 23.4. The molecule has 36 heavy (non-hydrogen) atoms. The highest BCUT2D eigenvalue weighted by molar-refractivity contribution is 6.04. The van der Waals surface area contributed by atoms with Crippen LogP contribution in [-0.4, -0.2) is 24.5 Å². The fraction of sp³-hybridized carbons (Fsp3) is 0.161. The van der Waals surface area contributed by atoms with Crippen LogP contribution in [0.3, 0.4) is 0 Å². The maximum Gasteiger partial charge on any atom is 0.100 e.